The van der Waals surface area contributed by atoms with Crippen LogP contribution in [0.2, 0.25) is 0 Å². The summed E-state index contributed by atoms with van der Waals surface area (Å²) >= 11 is 0. The van der Waals surface area contributed by atoms with E-state index in [1.54, 1.807) is 18.6 Å². The largest absolute Gasteiger partial charge is 0.370 e. The van der Waals surface area contributed by atoms with Gasteiger partial charge in [-0.05, 0) is 43.0 Å². The first-order valence-electron chi connectivity index (χ1n) is 8.74. The highest BCUT2D eigenvalue weighted by molar-refractivity contribution is 5.59. The Kier molecular flexibility index (Phi) is 4.37. The molecule has 126 valence electrons. The highest BCUT2D eigenvalue weighted by Crippen LogP contribution is 2.24. The molecular weight excluding hydrogens is 310 g/mol. The molecule has 1 aliphatic heterocycles. The third-order valence-electron chi connectivity index (χ3n) is 4.74. The zero-order chi connectivity index (χ0) is 17.1. The zero-order valence-electron chi connectivity index (χ0n) is 14.3. The minimum absolute atomic E-state index is 0.767. The van der Waals surface area contributed by atoms with Crippen molar-refractivity contribution >= 4 is 5.69 Å². The molecule has 0 saturated carbocycles. The Morgan fingerprint density at radius 2 is 1.44 bits per heavy atom. The number of rotatable bonds is 3. The van der Waals surface area contributed by atoms with E-state index in [-0.39, 0.29) is 0 Å². The van der Waals surface area contributed by atoms with Gasteiger partial charge in [0.15, 0.2) is 0 Å². The van der Waals surface area contributed by atoms with Gasteiger partial charge in [-0.15, -0.1) is 0 Å². The van der Waals surface area contributed by atoms with E-state index >= 15 is 0 Å². The minimum Gasteiger partial charge on any atom is -0.370 e. The second kappa shape index (κ2) is 6.97. The molecule has 25 heavy (non-hydrogen) atoms. The molecule has 4 rings (SSSR count). The highest BCUT2D eigenvalue weighted by Gasteiger charge is 2.16. The Morgan fingerprint density at radius 1 is 0.760 bits per heavy atom. The highest BCUT2D eigenvalue weighted by atomic mass is 15.1. The van der Waals surface area contributed by atoms with E-state index in [1.165, 1.54) is 18.5 Å². The summed E-state index contributed by atoms with van der Waals surface area (Å²) in [7, 11) is 0. The van der Waals surface area contributed by atoms with E-state index in [2.05, 4.69) is 37.8 Å². The molecule has 0 unspecified atom stereocenters. The van der Waals surface area contributed by atoms with Crippen molar-refractivity contribution in [3.05, 3.63) is 55.1 Å². The molecule has 4 heterocycles. The third kappa shape index (κ3) is 3.50. The summed E-state index contributed by atoms with van der Waals surface area (Å²) in [5.74, 6) is 0.830. The van der Waals surface area contributed by atoms with E-state index in [4.69, 9.17) is 0 Å². The van der Waals surface area contributed by atoms with Gasteiger partial charge in [-0.3, -0.25) is 19.9 Å². The van der Waals surface area contributed by atoms with Crippen LogP contribution < -0.4 is 4.90 Å². The predicted molar refractivity (Wildman–Crippen MR) is 99.1 cm³/mol. The second-order valence-electron chi connectivity index (χ2n) is 6.57. The SMILES string of the molecule is CC1CCN(c2ccc(-c3cnc(-c4ccccn4)cn3)nc2)CC1. The van der Waals surface area contributed by atoms with E-state index in [0.29, 0.717) is 0 Å². The topological polar surface area (TPSA) is 54.8 Å². The van der Waals surface area contributed by atoms with Crippen LogP contribution in [-0.2, 0) is 0 Å². The summed E-state index contributed by atoms with van der Waals surface area (Å²) < 4.78 is 0. The van der Waals surface area contributed by atoms with Gasteiger partial charge in [0.25, 0.3) is 0 Å². The van der Waals surface area contributed by atoms with Crippen LogP contribution >= 0.6 is 0 Å². The van der Waals surface area contributed by atoms with Gasteiger partial charge in [0.1, 0.15) is 11.4 Å². The lowest BCUT2D eigenvalue weighted by Gasteiger charge is -2.31. The first-order valence-corrected chi connectivity index (χ1v) is 8.74. The molecule has 1 aliphatic rings. The van der Waals surface area contributed by atoms with Crippen LogP contribution in [0.3, 0.4) is 0 Å². The summed E-state index contributed by atoms with van der Waals surface area (Å²) in [6.07, 6.45) is 9.71. The molecule has 0 atom stereocenters. The van der Waals surface area contributed by atoms with Gasteiger partial charge in [0.2, 0.25) is 0 Å². The van der Waals surface area contributed by atoms with Crippen molar-refractivity contribution in [1.82, 2.24) is 19.9 Å². The van der Waals surface area contributed by atoms with E-state index in [9.17, 15) is 0 Å². The molecule has 0 spiro atoms. The van der Waals surface area contributed by atoms with Crippen molar-refractivity contribution in [3.8, 4) is 22.8 Å². The monoisotopic (exact) mass is 331 g/mol. The maximum absolute atomic E-state index is 4.59. The Balaban J connectivity index is 1.50. The maximum Gasteiger partial charge on any atom is 0.107 e. The molecule has 0 radical (unpaired) electrons. The van der Waals surface area contributed by atoms with Gasteiger partial charge in [0.05, 0.1) is 35.7 Å². The fourth-order valence-electron chi connectivity index (χ4n) is 3.10. The van der Waals surface area contributed by atoms with E-state index in [0.717, 1.165) is 41.8 Å². The number of aromatic nitrogens is 4. The van der Waals surface area contributed by atoms with Gasteiger partial charge in [-0.25, -0.2) is 0 Å². The van der Waals surface area contributed by atoms with Crippen LogP contribution in [0.25, 0.3) is 22.8 Å². The van der Waals surface area contributed by atoms with Crippen molar-refractivity contribution < 1.29 is 0 Å². The number of nitrogens with zero attached hydrogens (tertiary/aromatic N) is 5. The van der Waals surface area contributed by atoms with Gasteiger partial charge in [-0.2, -0.15) is 0 Å². The van der Waals surface area contributed by atoms with Gasteiger partial charge in [-0.1, -0.05) is 13.0 Å². The minimum atomic E-state index is 0.767. The lowest BCUT2D eigenvalue weighted by Crippen LogP contribution is -2.32. The van der Waals surface area contributed by atoms with Crippen LogP contribution in [0.5, 0.6) is 0 Å². The molecule has 0 aromatic carbocycles. The number of hydrogen-bond acceptors (Lipinski definition) is 5. The third-order valence-corrected chi connectivity index (χ3v) is 4.74. The van der Waals surface area contributed by atoms with Crippen LogP contribution in [0, 0.1) is 5.92 Å². The molecule has 0 amide bonds. The molecule has 5 nitrogen and oxygen atoms in total. The van der Waals surface area contributed by atoms with Gasteiger partial charge in [0, 0.05) is 19.3 Å². The molecule has 1 saturated heterocycles. The van der Waals surface area contributed by atoms with Gasteiger partial charge >= 0.3 is 0 Å². The van der Waals surface area contributed by atoms with E-state index < -0.39 is 0 Å². The van der Waals surface area contributed by atoms with Gasteiger partial charge < -0.3 is 4.90 Å². The fourth-order valence-corrected chi connectivity index (χ4v) is 3.10. The fraction of sp³-hybridized carbons (Fsp3) is 0.300. The number of piperidine rings is 1. The molecule has 0 bridgehead atoms. The number of hydrogen-bond donors (Lipinski definition) is 0. The van der Waals surface area contributed by atoms with Crippen molar-refractivity contribution in [2.75, 3.05) is 18.0 Å². The summed E-state index contributed by atoms with van der Waals surface area (Å²) in [5, 5.41) is 0. The Bertz CT molecular complexity index is 807. The maximum atomic E-state index is 4.59. The molecule has 3 aromatic heterocycles. The predicted octanol–water partition coefficient (Wildman–Crippen LogP) is 3.84. The number of anilines is 1. The van der Waals surface area contributed by atoms with Crippen LogP contribution in [0.1, 0.15) is 19.8 Å². The molecule has 0 aliphatic carbocycles. The average Bonchev–Trinajstić information content (AvgIpc) is 2.70. The van der Waals surface area contributed by atoms with Crippen LogP contribution in [0.15, 0.2) is 55.1 Å². The average molecular weight is 331 g/mol. The first kappa shape index (κ1) is 15.7. The lowest BCUT2D eigenvalue weighted by atomic mass is 9.99. The summed E-state index contributed by atoms with van der Waals surface area (Å²) in [5.41, 5.74) is 4.40. The molecular formula is C20H21N5. The van der Waals surface area contributed by atoms with E-state index in [1.807, 2.05) is 30.5 Å². The molecule has 1 fully saturated rings. The Morgan fingerprint density at radius 3 is 2.00 bits per heavy atom. The van der Waals surface area contributed by atoms with Crippen molar-refractivity contribution in [2.45, 2.75) is 19.8 Å². The van der Waals surface area contributed by atoms with Crippen LogP contribution in [-0.4, -0.2) is 33.0 Å². The quantitative estimate of drug-likeness (QED) is 0.730. The second-order valence-corrected chi connectivity index (χ2v) is 6.57. The van der Waals surface area contributed by atoms with Crippen molar-refractivity contribution in [2.24, 2.45) is 5.92 Å². The summed E-state index contributed by atoms with van der Waals surface area (Å²) in [4.78, 5) is 20.3. The Labute approximate surface area is 147 Å². The molecule has 0 N–H and O–H groups in total. The molecule has 5 heteroatoms. The standard InChI is InChI=1S/C20H21N5/c1-15-7-10-25(11-8-15)16-5-6-18(22-12-16)20-14-23-19(13-24-20)17-4-2-3-9-21-17/h2-6,9,12-15H,7-8,10-11H2,1H3. The number of pyridine rings is 2. The first-order chi connectivity index (χ1) is 12.3. The Hall–Kier alpha value is -2.82. The summed E-state index contributed by atoms with van der Waals surface area (Å²) in [6, 6.07) is 9.92. The summed E-state index contributed by atoms with van der Waals surface area (Å²) in [6.45, 7) is 4.55. The normalized spacial score (nSPS) is 15.3. The molecule has 3 aromatic rings. The van der Waals surface area contributed by atoms with Crippen LogP contribution in [0.4, 0.5) is 5.69 Å². The lowest BCUT2D eigenvalue weighted by molar-refractivity contribution is 0.438. The zero-order valence-corrected chi connectivity index (χ0v) is 14.3. The van der Waals surface area contributed by atoms with Crippen molar-refractivity contribution in [3.63, 3.8) is 0 Å². The van der Waals surface area contributed by atoms with Crippen molar-refractivity contribution in [1.29, 1.82) is 0 Å². The smallest absolute Gasteiger partial charge is 0.107 e.